The molecule has 1 heterocycles. The molecular formula is C8H18NO10P. The van der Waals surface area contributed by atoms with Gasteiger partial charge in [0, 0.05) is 6.92 Å². The van der Waals surface area contributed by atoms with Gasteiger partial charge in [0.1, 0.15) is 18.3 Å². The summed E-state index contributed by atoms with van der Waals surface area (Å²) in [5.74, 6) is -0.615. The molecule has 0 spiro atoms. The minimum absolute atomic E-state index is 0.497. The highest BCUT2D eigenvalue weighted by atomic mass is 31.2. The zero-order valence-corrected chi connectivity index (χ0v) is 11.3. The van der Waals surface area contributed by atoms with Crippen LogP contribution >= 0.6 is 7.82 Å². The van der Waals surface area contributed by atoms with Gasteiger partial charge in [-0.1, -0.05) is 0 Å². The van der Waals surface area contributed by atoms with Crippen molar-refractivity contribution in [2.75, 3.05) is 6.61 Å². The molecule has 0 bridgehead atoms. The Morgan fingerprint density at radius 2 is 1.75 bits per heavy atom. The molecule has 1 unspecified atom stereocenters. The number of aliphatic hydroxyl groups is 3. The molecule has 0 saturated carbocycles. The van der Waals surface area contributed by atoms with Gasteiger partial charge < -0.3 is 45.2 Å². The van der Waals surface area contributed by atoms with E-state index >= 15 is 0 Å². The molecule has 0 aromatic heterocycles. The van der Waals surface area contributed by atoms with Crippen LogP contribution < -0.4 is 5.73 Å². The largest absolute Gasteiger partial charge is 0.466 e. The fraction of sp³-hybridized carbons (Fsp3) is 0.875. The molecule has 120 valence electrons. The lowest BCUT2D eigenvalue weighted by molar-refractivity contribution is -0.258. The van der Waals surface area contributed by atoms with E-state index < -0.39 is 51.0 Å². The van der Waals surface area contributed by atoms with E-state index in [9.17, 15) is 15.0 Å². The second-order valence-electron chi connectivity index (χ2n) is 3.91. The van der Waals surface area contributed by atoms with E-state index in [0.29, 0.717) is 0 Å². The number of hydrogen-bond acceptors (Lipinski definition) is 8. The average molecular weight is 319 g/mol. The standard InChI is InChI=1S/C8H15NO6.H3O4P/c1-3(11)14-8-5(9)7(13)6(12)4(2-10)15-8;1-5(2,3)4/h4-8,10,12-13H,2,9H2,1H3;(H3,1,2,3,4)/t4-,5-,6-,7-,8?;/m1./s1. The van der Waals surface area contributed by atoms with Crippen LogP contribution in [0.3, 0.4) is 0 Å². The van der Waals surface area contributed by atoms with Crippen LogP contribution in [0.1, 0.15) is 6.92 Å². The Kier molecular flexibility index (Phi) is 7.73. The van der Waals surface area contributed by atoms with Gasteiger partial charge in [0.15, 0.2) is 0 Å². The van der Waals surface area contributed by atoms with Crippen molar-refractivity contribution in [2.45, 2.75) is 37.6 Å². The summed E-state index contributed by atoms with van der Waals surface area (Å²) in [6.07, 6.45) is -4.76. The zero-order chi connectivity index (χ0) is 16.1. The van der Waals surface area contributed by atoms with Gasteiger partial charge in [0.25, 0.3) is 0 Å². The summed E-state index contributed by atoms with van der Waals surface area (Å²) >= 11 is 0. The van der Waals surface area contributed by atoms with Crippen LogP contribution in [0, 0.1) is 0 Å². The molecule has 0 radical (unpaired) electrons. The van der Waals surface area contributed by atoms with Crippen LogP contribution in [0.4, 0.5) is 0 Å². The first-order valence-corrected chi connectivity index (χ1v) is 6.87. The molecule has 8 N–H and O–H groups in total. The zero-order valence-electron chi connectivity index (χ0n) is 10.4. The Balaban J connectivity index is 0.000000621. The van der Waals surface area contributed by atoms with Crippen molar-refractivity contribution in [1.29, 1.82) is 0 Å². The average Bonchev–Trinajstić information content (AvgIpc) is 2.27. The quantitative estimate of drug-likeness (QED) is 0.196. The first-order valence-electron chi connectivity index (χ1n) is 5.31. The second-order valence-corrected chi connectivity index (χ2v) is 4.93. The fourth-order valence-corrected chi connectivity index (χ4v) is 1.37. The maximum atomic E-state index is 10.7. The van der Waals surface area contributed by atoms with Crippen LogP contribution in [0.15, 0.2) is 0 Å². The molecule has 1 saturated heterocycles. The van der Waals surface area contributed by atoms with Gasteiger partial charge in [-0.25, -0.2) is 4.57 Å². The highest BCUT2D eigenvalue weighted by molar-refractivity contribution is 7.45. The summed E-state index contributed by atoms with van der Waals surface area (Å²) < 4.78 is 18.6. The lowest BCUT2D eigenvalue weighted by Crippen LogP contribution is -2.62. The van der Waals surface area contributed by atoms with Crippen LogP contribution in [0.25, 0.3) is 0 Å². The number of carbonyl (C=O) groups is 1. The van der Waals surface area contributed by atoms with Crippen molar-refractivity contribution in [3.63, 3.8) is 0 Å². The number of hydrogen-bond donors (Lipinski definition) is 7. The third kappa shape index (κ3) is 7.24. The summed E-state index contributed by atoms with van der Waals surface area (Å²) in [6, 6.07) is -1.04. The topological polar surface area (TPSA) is 200 Å². The molecule has 11 nitrogen and oxygen atoms in total. The number of ether oxygens (including phenoxy) is 2. The molecule has 0 aromatic carbocycles. The third-order valence-electron chi connectivity index (χ3n) is 2.21. The molecular weight excluding hydrogens is 301 g/mol. The monoisotopic (exact) mass is 319 g/mol. The Hall–Kier alpha value is -0.620. The number of esters is 1. The van der Waals surface area contributed by atoms with E-state index in [4.69, 9.17) is 34.8 Å². The second kappa shape index (κ2) is 7.98. The molecule has 0 aromatic rings. The Morgan fingerprint density at radius 3 is 2.10 bits per heavy atom. The number of aliphatic hydroxyl groups excluding tert-OH is 3. The SMILES string of the molecule is CC(=O)OC1O[C@H](CO)[C@@H](O)[C@H](O)[C@H]1N.O=P(O)(O)O. The summed E-state index contributed by atoms with van der Waals surface area (Å²) in [5.41, 5.74) is 5.48. The van der Waals surface area contributed by atoms with Crippen molar-refractivity contribution in [3.05, 3.63) is 0 Å². The maximum Gasteiger partial charge on any atom is 0.466 e. The molecule has 1 rings (SSSR count). The summed E-state index contributed by atoms with van der Waals surface area (Å²) in [5, 5.41) is 27.7. The van der Waals surface area contributed by atoms with E-state index in [1.165, 1.54) is 6.92 Å². The van der Waals surface area contributed by atoms with Crippen molar-refractivity contribution in [1.82, 2.24) is 0 Å². The van der Waals surface area contributed by atoms with E-state index in [-0.39, 0.29) is 0 Å². The molecule has 1 fully saturated rings. The van der Waals surface area contributed by atoms with Crippen LogP contribution in [0.5, 0.6) is 0 Å². The van der Waals surface area contributed by atoms with Crippen molar-refractivity contribution >= 4 is 13.8 Å². The van der Waals surface area contributed by atoms with Gasteiger partial charge >= 0.3 is 13.8 Å². The van der Waals surface area contributed by atoms with E-state index in [0.717, 1.165) is 0 Å². The normalized spacial score (nSPS) is 33.9. The smallest absolute Gasteiger partial charge is 0.434 e. The Morgan fingerprint density at radius 1 is 1.30 bits per heavy atom. The van der Waals surface area contributed by atoms with Crippen molar-refractivity contribution in [3.8, 4) is 0 Å². The van der Waals surface area contributed by atoms with Gasteiger partial charge in [-0.2, -0.15) is 0 Å². The summed E-state index contributed by atoms with van der Waals surface area (Å²) in [7, 11) is -4.64. The van der Waals surface area contributed by atoms with Crippen LogP contribution in [-0.4, -0.2) is 73.2 Å². The number of rotatable bonds is 2. The van der Waals surface area contributed by atoms with E-state index in [1.54, 1.807) is 0 Å². The van der Waals surface area contributed by atoms with Gasteiger partial charge in [-0.15, -0.1) is 0 Å². The minimum Gasteiger partial charge on any atom is -0.434 e. The first kappa shape index (κ1) is 19.4. The lowest BCUT2D eigenvalue weighted by atomic mass is 9.98. The summed E-state index contributed by atoms with van der Waals surface area (Å²) in [6.45, 7) is 0.671. The Bertz CT molecular complexity index is 349. The molecule has 12 heteroatoms. The molecule has 20 heavy (non-hydrogen) atoms. The molecule has 5 atom stereocenters. The van der Waals surface area contributed by atoms with E-state index in [2.05, 4.69) is 4.74 Å². The third-order valence-corrected chi connectivity index (χ3v) is 2.21. The highest BCUT2D eigenvalue weighted by Gasteiger charge is 2.43. The number of phosphoric acid groups is 1. The van der Waals surface area contributed by atoms with Gasteiger partial charge in [-0.3, -0.25) is 4.79 Å². The predicted molar refractivity (Wildman–Crippen MR) is 61.8 cm³/mol. The van der Waals surface area contributed by atoms with Crippen LogP contribution in [0.2, 0.25) is 0 Å². The number of carbonyl (C=O) groups excluding carboxylic acids is 1. The predicted octanol–water partition coefficient (Wildman–Crippen LogP) is -3.61. The van der Waals surface area contributed by atoms with Gasteiger partial charge in [0.2, 0.25) is 6.29 Å². The first-order chi connectivity index (χ1) is 8.97. The molecule has 0 aliphatic carbocycles. The molecule has 1 aliphatic heterocycles. The molecule has 1 aliphatic rings. The van der Waals surface area contributed by atoms with Gasteiger partial charge in [-0.05, 0) is 0 Å². The molecule has 0 amide bonds. The lowest BCUT2D eigenvalue weighted by Gasteiger charge is -2.39. The van der Waals surface area contributed by atoms with Gasteiger partial charge in [0.05, 0.1) is 12.6 Å². The highest BCUT2D eigenvalue weighted by Crippen LogP contribution is 2.25. The van der Waals surface area contributed by atoms with E-state index in [1.807, 2.05) is 0 Å². The summed E-state index contributed by atoms with van der Waals surface area (Å²) in [4.78, 5) is 32.2. The van der Waals surface area contributed by atoms with Crippen LogP contribution in [-0.2, 0) is 18.8 Å². The number of nitrogens with two attached hydrogens (primary N) is 1. The van der Waals surface area contributed by atoms with Crippen molar-refractivity contribution < 1.29 is 48.8 Å². The maximum absolute atomic E-state index is 10.7. The fourth-order valence-electron chi connectivity index (χ4n) is 1.37. The minimum atomic E-state index is -4.64. The Labute approximate surface area is 113 Å². The van der Waals surface area contributed by atoms with Crippen molar-refractivity contribution in [2.24, 2.45) is 5.73 Å².